The maximum atomic E-state index is 14.9. The number of anilines is 1. The molecule has 0 spiro atoms. The van der Waals surface area contributed by atoms with E-state index in [2.05, 4.69) is 16.0 Å². The summed E-state index contributed by atoms with van der Waals surface area (Å²) in [5.74, 6) is -1.70. The van der Waals surface area contributed by atoms with Crippen molar-refractivity contribution in [2.45, 2.75) is 122 Å². The Morgan fingerprint density at radius 1 is 1.10 bits per heavy atom. The summed E-state index contributed by atoms with van der Waals surface area (Å²) >= 11 is 1.45. The maximum Gasteiger partial charge on any atom is 0.408 e. The Morgan fingerprint density at radius 3 is 2.59 bits per heavy atom. The van der Waals surface area contributed by atoms with Crippen LogP contribution in [0.25, 0.3) is 22.3 Å². The molecule has 6 atom stereocenters. The quantitative estimate of drug-likeness (QED) is 0.174. The lowest BCUT2D eigenvalue weighted by Gasteiger charge is -2.34. The number of allylic oxidation sites excluding steroid dienone is 1. The smallest absolute Gasteiger partial charge is 0.408 e. The number of amides is 3. The van der Waals surface area contributed by atoms with Gasteiger partial charge in [-0.05, 0) is 58.1 Å². The zero-order valence-electron chi connectivity index (χ0n) is 36.7. The Kier molecular flexibility index (Phi) is 13.6. The molecule has 4 N–H and O–H groups in total. The number of benzene rings is 1. The van der Waals surface area contributed by atoms with E-state index in [1.54, 1.807) is 25.3 Å². The molecule has 63 heavy (non-hydrogen) atoms. The van der Waals surface area contributed by atoms with Crippen molar-refractivity contribution < 1.29 is 46.9 Å². The van der Waals surface area contributed by atoms with Gasteiger partial charge in [-0.15, -0.1) is 11.3 Å². The third kappa shape index (κ3) is 10.5. The lowest BCUT2D eigenvalue weighted by Crippen LogP contribution is -2.56. The Labute approximate surface area is 372 Å². The van der Waals surface area contributed by atoms with Crippen LogP contribution < -0.4 is 25.4 Å². The predicted molar refractivity (Wildman–Crippen MR) is 238 cm³/mol. The van der Waals surface area contributed by atoms with Gasteiger partial charge in [-0.3, -0.25) is 9.59 Å². The average Bonchev–Trinajstić information content (AvgIpc) is 3.49. The maximum absolute atomic E-state index is 14.9. The van der Waals surface area contributed by atoms with Crippen LogP contribution in [0, 0.1) is 11.3 Å². The van der Waals surface area contributed by atoms with Crippen LogP contribution in [0.2, 0.25) is 0 Å². The van der Waals surface area contributed by atoms with Gasteiger partial charge in [0, 0.05) is 53.2 Å². The lowest BCUT2D eigenvalue weighted by molar-refractivity contribution is -0.145. The highest BCUT2D eigenvalue weighted by Gasteiger charge is 2.61. The molecule has 1 aliphatic carbocycles. The van der Waals surface area contributed by atoms with Crippen LogP contribution in [0.4, 0.5) is 9.93 Å². The van der Waals surface area contributed by atoms with Crippen LogP contribution in [-0.2, 0) is 29.1 Å². The monoisotopic (exact) mass is 909 g/mol. The summed E-state index contributed by atoms with van der Waals surface area (Å²) < 4.78 is 44.9. The second-order valence-corrected chi connectivity index (χ2v) is 21.3. The van der Waals surface area contributed by atoms with Crippen molar-refractivity contribution >= 4 is 61.3 Å². The fourth-order valence-electron chi connectivity index (χ4n) is 8.44. The molecule has 3 fully saturated rings. The number of methoxy groups -OCH3 is 1. The topological polar surface area (TPSA) is 219 Å². The highest BCUT2D eigenvalue weighted by molar-refractivity contribution is 7.89. The molecule has 2 aromatic heterocycles. The molecular weight excluding hydrogens is 851 g/mol. The van der Waals surface area contributed by atoms with Gasteiger partial charge in [0.1, 0.15) is 47.0 Å². The molecule has 5 heterocycles. The van der Waals surface area contributed by atoms with E-state index in [-0.39, 0.29) is 44.1 Å². The first-order chi connectivity index (χ1) is 29.9. The van der Waals surface area contributed by atoms with E-state index in [0.29, 0.717) is 59.6 Å². The van der Waals surface area contributed by atoms with E-state index in [4.69, 9.17) is 24.2 Å². The number of carboxylic acid groups (broad SMARTS) is 1. The van der Waals surface area contributed by atoms with Gasteiger partial charge in [0.15, 0.2) is 5.13 Å². The number of carbonyl (C=O) groups excluding carboxylic acids is 3. The molecule has 17 nitrogen and oxygen atoms in total. The van der Waals surface area contributed by atoms with Gasteiger partial charge in [-0.2, -0.15) is 4.31 Å². The number of nitrogens with one attached hydrogen (secondary N) is 3. The van der Waals surface area contributed by atoms with E-state index in [9.17, 15) is 32.7 Å². The number of carbonyl (C=O) groups is 4. The van der Waals surface area contributed by atoms with Crippen LogP contribution in [0.15, 0.2) is 41.8 Å². The molecular formula is C44H59N7O10S2. The summed E-state index contributed by atoms with van der Waals surface area (Å²) in [5, 5.41) is 22.5. The molecule has 19 heteroatoms. The highest BCUT2D eigenvalue weighted by atomic mass is 32.2. The zero-order valence-corrected chi connectivity index (χ0v) is 38.4. The van der Waals surface area contributed by atoms with Crippen molar-refractivity contribution in [2.75, 3.05) is 37.8 Å². The number of alkyl carbamates (subject to hydrolysis) is 1. The minimum absolute atomic E-state index is 0.0236. The minimum Gasteiger partial charge on any atom is -0.497 e. The van der Waals surface area contributed by atoms with Crippen LogP contribution in [0.3, 0.4) is 0 Å². The fraction of sp³-hybridized carbons (Fsp3) is 0.591. The molecule has 3 aliphatic heterocycles. The van der Waals surface area contributed by atoms with Crippen molar-refractivity contribution in [3.63, 3.8) is 0 Å². The van der Waals surface area contributed by atoms with Crippen LogP contribution in [0.5, 0.6) is 11.5 Å². The molecule has 1 aromatic carbocycles. The molecule has 7 rings (SSSR count). The van der Waals surface area contributed by atoms with Gasteiger partial charge in [0.2, 0.25) is 21.8 Å². The van der Waals surface area contributed by atoms with Gasteiger partial charge in [-0.25, -0.2) is 28.0 Å². The van der Waals surface area contributed by atoms with Gasteiger partial charge >= 0.3 is 12.1 Å². The van der Waals surface area contributed by atoms with Gasteiger partial charge in [0.25, 0.3) is 0 Å². The van der Waals surface area contributed by atoms with Gasteiger partial charge in [0.05, 0.1) is 37.2 Å². The van der Waals surface area contributed by atoms with Crippen molar-refractivity contribution in [3.05, 3.63) is 41.8 Å². The second-order valence-electron chi connectivity index (χ2n) is 18.3. The van der Waals surface area contributed by atoms with Gasteiger partial charge < -0.3 is 40.2 Å². The first-order valence-corrected chi connectivity index (χ1v) is 24.2. The number of nitrogens with zero attached hydrogens (tertiary/aromatic N) is 4. The summed E-state index contributed by atoms with van der Waals surface area (Å²) in [7, 11) is -1.91. The van der Waals surface area contributed by atoms with Crippen LogP contribution in [0.1, 0.15) is 86.0 Å². The number of pyridine rings is 1. The number of hydrogen-bond acceptors (Lipinski definition) is 13. The van der Waals surface area contributed by atoms with Gasteiger partial charge in [-0.1, -0.05) is 45.8 Å². The third-order valence-corrected chi connectivity index (χ3v) is 14.8. The highest BCUT2D eigenvalue weighted by Crippen LogP contribution is 2.46. The Bertz CT molecular complexity index is 2350. The summed E-state index contributed by atoms with van der Waals surface area (Å²) in [6.07, 6.45) is 5.02. The number of fused-ring (bicyclic) bond motifs is 3. The number of thiazole rings is 1. The van der Waals surface area contributed by atoms with Crippen molar-refractivity contribution in [2.24, 2.45) is 11.3 Å². The van der Waals surface area contributed by atoms with E-state index in [1.807, 2.05) is 58.2 Å². The molecule has 3 amide bonds. The third-order valence-electron chi connectivity index (χ3n) is 12.2. The standard InChI is InChI=1S/C44H59N7O10S2/c1-26(2)45-41-47-34(25-62-41)33-21-36(30-16-15-28(59-6)19-32(30)46-33)60-29-20-35-38(52)49-44(40(54)55)22-27(44)13-10-8-7-9-11-14-31(39(53)51(35)23-29)48-42(56)61-37(43(3,4)5)24-50-17-12-18-63(50,57)58/h10,13,15-16,19,21,25-27,29,31,35,37H,7-9,11-12,14,17-18,20,22-24H2,1-6H3,(H,45,47)(H,48,56)(H,49,52)(H,54,55)/t27?,29-,31+,35+,37-,44-/m1/s1. The van der Waals surface area contributed by atoms with E-state index in [0.717, 1.165) is 18.0 Å². The number of aliphatic carboxylic acids is 1. The molecule has 0 radical (unpaired) electrons. The number of hydrogen-bond donors (Lipinski definition) is 4. The number of sulfonamides is 1. The van der Waals surface area contributed by atoms with Crippen molar-refractivity contribution in [3.8, 4) is 22.9 Å². The molecule has 0 bridgehead atoms. The molecule has 1 saturated carbocycles. The number of carboxylic acids is 1. The predicted octanol–water partition coefficient (Wildman–Crippen LogP) is 5.56. The number of rotatable bonds is 11. The SMILES string of the molecule is COc1ccc2c(O[C@@H]3C[C@H]4C(=O)N[C@]5(C(=O)O)CC5C=CCCCCC[C@H](NC(=O)O[C@H](CN5CCCS5(=O)=O)C(C)(C)C)C(=O)N4C3)cc(-c3csc(NC(C)C)n3)nc2c1. The van der Waals surface area contributed by atoms with E-state index in [1.165, 1.54) is 20.5 Å². The molecule has 4 aliphatic rings. The Balaban J connectivity index is 1.19. The Morgan fingerprint density at radius 2 is 1.89 bits per heavy atom. The molecule has 1 unspecified atom stereocenters. The molecule has 342 valence electrons. The summed E-state index contributed by atoms with van der Waals surface area (Å²) in [6.45, 7) is 9.84. The lowest BCUT2D eigenvalue weighted by atomic mass is 9.89. The first-order valence-electron chi connectivity index (χ1n) is 21.7. The largest absolute Gasteiger partial charge is 0.497 e. The number of aromatic nitrogens is 2. The molecule has 3 aromatic rings. The van der Waals surface area contributed by atoms with Crippen LogP contribution >= 0.6 is 11.3 Å². The minimum atomic E-state index is -3.48. The molecule has 2 saturated heterocycles. The van der Waals surface area contributed by atoms with Crippen LogP contribution in [-0.4, -0.2) is 125 Å². The van der Waals surface area contributed by atoms with Crippen molar-refractivity contribution in [1.82, 2.24) is 29.8 Å². The fourth-order valence-corrected chi connectivity index (χ4v) is 10.8. The van der Waals surface area contributed by atoms with E-state index >= 15 is 0 Å². The van der Waals surface area contributed by atoms with Crippen molar-refractivity contribution in [1.29, 1.82) is 0 Å². The number of ether oxygens (including phenoxy) is 3. The summed E-state index contributed by atoms with van der Waals surface area (Å²) in [6, 6.07) is 5.08. The zero-order chi connectivity index (χ0) is 45.3. The summed E-state index contributed by atoms with van der Waals surface area (Å²) in [5.41, 5.74) is -0.428. The average molecular weight is 910 g/mol. The van der Waals surface area contributed by atoms with E-state index < -0.39 is 75.1 Å². The Hall–Kier alpha value is -5.01. The normalized spacial score (nSPS) is 25.9. The first kappa shape index (κ1) is 46.0. The summed E-state index contributed by atoms with van der Waals surface area (Å²) in [4.78, 5) is 66.7. The second kappa shape index (κ2) is 18.6.